The van der Waals surface area contributed by atoms with E-state index in [1.807, 2.05) is 17.5 Å². The lowest BCUT2D eigenvalue weighted by Crippen LogP contribution is -1.95. The average Bonchev–Trinajstić information content (AvgIpc) is 3.31. The van der Waals surface area contributed by atoms with Crippen LogP contribution in [0, 0.1) is 11.3 Å². The summed E-state index contributed by atoms with van der Waals surface area (Å²) in [6, 6.07) is 20.3. The summed E-state index contributed by atoms with van der Waals surface area (Å²) in [5.41, 5.74) is 3.09. The topological polar surface area (TPSA) is 64.4 Å². The third kappa shape index (κ3) is 4.09. The summed E-state index contributed by atoms with van der Waals surface area (Å²) in [7, 11) is 4.68. The summed E-state index contributed by atoms with van der Waals surface area (Å²) in [4.78, 5) is 4.71. The van der Waals surface area contributed by atoms with E-state index in [1.165, 1.54) is 16.7 Å². The highest BCUT2D eigenvalue weighted by atomic mass is 32.1. The van der Waals surface area contributed by atoms with Gasteiger partial charge in [-0.25, -0.2) is 4.98 Å². The molecule has 1 heterocycles. The minimum absolute atomic E-state index is 0.464. The largest absolute Gasteiger partial charge is 0.493 e. The molecule has 1 aromatic heterocycles. The molecule has 31 heavy (non-hydrogen) atoms. The van der Waals surface area contributed by atoms with Crippen molar-refractivity contribution in [1.82, 2.24) is 4.98 Å². The van der Waals surface area contributed by atoms with Gasteiger partial charge in [-0.05, 0) is 40.6 Å². The lowest BCUT2D eigenvalue weighted by Gasteiger charge is -2.13. The lowest BCUT2D eigenvalue weighted by atomic mass is 10.1. The molecule has 3 aromatic carbocycles. The van der Waals surface area contributed by atoms with Crippen molar-refractivity contribution in [2.24, 2.45) is 0 Å². The van der Waals surface area contributed by atoms with Gasteiger partial charge < -0.3 is 14.2 Å². The summed E-state index contributed by atoms with van der Waals surface area (Å²) < 4.78 is 16.2. The van der Waals surface area contributed by atoms with Gasteiger partial charge >= 0.3 is 0 Å². The van der Waals surface area contributed by atoms with Gasteiger partial charge in [-0.15, -0.1) is 11.3 Å². The van der Waals surface area contributed by atoms with E-state index in [0.29, 0.717) is 27.8 Å². The second-order valence-electron chi connectivity index (χ2n) is 6.73. The molecule has 0 aliphatic heterocycles. The molecule has 0 spiro atoms. The minimum atomic E-state index is 0.464. The van der Waals surface area contributed by atoms with E-state index in [9.17, 15) is 5.26 Å². The second-order valence-corrected chi connectivity index (χ2v) is 7.59. The molecule has 0 unspecified atom stereocenters. The number of fused-ring (bicyclic) bond motifs is 1. The van der Waals surface area contributed by atoms with E-state index >= 15 is 0 Å². The highest BCUT2D eigenvalue weighted by Crippen LogP contribution is 2.39. The van der Waals surface area contributed by atoms with Crippen LogP contribution in [0.3, 0.4) is 0 Å². The zero-order valence-electron chi connectivity index (χ0n) is 17.4. The fourth-order valence-corrected chi connectivity index (χ4v) is 4.17. The predicted molar refractivity (Wildman–Crippen MR) is 125 cm³/mol. The molecule has 0 atom stereocenters. The number of methoxy groups -OCH3 is 3. The molecule has 0 radical (unpaired) electrons. The summed E-state index contributed by atoms with van der Waals surface area (Å²) >= 11 is 1.44. The Balaban J connectivity index is 1.71. The van der Waals surface area contributed by atoms with E-state index in [0.717, 1.165) is 22.2 Å². The Kier molecular flexibility index (Phi) is 5.87. The van der Waals surface area contributed by atoms with Crippen LogP contribution in [0.1, 0.15) is 10.6 Å². The molecule has 0 amide bonds. The molecule has 0 saturated heterocycles. The molecule has 0 fully saturated rings. The Bertz CT molecular complexity index is 1290. The molecule has 4 rings (SSSR count). The first-order valence-electron chi connectivity index (χ1n) is 9.53. The van der Waals surface area contributed by atoms with Gasteiger partial charge in [-0.2, -0.15) is 5.26 Å². The highest BCUT2D eigenvalue weighted by molar-refractivity contribution is 7.11. The second kappa shape index (κ2) is 8.90. The maximum atomic E-state index is 9.78. The number of benzene rings is 3. The number of thiazole rings is 1. The quantitative estimate of drug-likeness (QED) is 0.350. The fourth-order valence-electron chi connectivity index (χ4n) is 3.37. The van der Waals surface area contributed by atoms with Crippen molar-refractivity contribution in [3.63, 3.8) is 0 Å². The first-order valence-corrected chi connectivity index (χ1v) is 10.4. The molecule has 0 bridgehead atoms. The average molecular weight is 429 g/mol. The number of ether oxygens (including phenoxy) is 3. The summed E-state index contributed by atoms with van der Waals surface area (Å²) in [5, 5.41) is 14.7. The molecular weight excluding hydrogens is 408 g/mol. The van der Waals surface area contributed by atoms with Crippen LogP contribution >= 0.6 is 11.3 Å². The van der Waals surface area contributed by atoms with Crippen molar-refractivity contribution in [2.45, 2.75) is 0 Å². The first-order chi connectivity index (χ1) is 15.2. The van der Waals surface area contributed by atoms with Crippen molar-refractivity contribution in [3.8, 4) is 34.6 Å². The monoisotopic (exact) mass is 428 g/mol. The Morgan fingerprint density at radius 1 is 0.935 bits per heavy atom. The van der Waals surface area contributed by atoms with Crippen molar-refractivity contribution in [2.75, 3.05) is 21.3 Å². The predicted octanol–water partition coefficient (Wildman–Crippen LogP) is 6.05. The Hall–Kier alpha value is -3.82. The number of allylic oxidation sites excluding steroid dienone is 1. The summed E-state index contributed by atoms with van der Waals surface area (Å²) in [6.45, 7) is 0. The van der Waals surface area contributed by atoms with Gasteiger partial charge in [0, 0.05) is 10.9 Å². The third-order valence-electron chi connectivity index (χ3n) is 4.90. The number of nitrogens with zero attached hydrogens (tertiary/aromatic N) is 2. The standard InChI is InChI=1S/C25H20N2O3S/c1-28-22-11-16(12-23(29-2)24(22)30-3)10-20(14-26)25-27-21(15-31-25)19-9-8-17-6-4-5-7-18(17)13-19/h4-13,15H,1-3H3/b20-10+. The highest BCUT2D eigenvalue weighted by Gasteiger charge is 2.14. The van der Waals surface area contributed by atoms with Crippen molar-refractivity contribution < 1.29 is 14.2 Å². The Morgan fingerprint density at radius 3 is 2.29 bits per heavy atom. The molecule has 0 N–H and O–H groups in total. The number of rotatable bonds is 6. The number of hydrogen-bond acceptors (Lipinski definition) is 6. The molecule has 5 nitrogen and oxygen atoms in total. The maximum Gasteiger partial charge on any atom is 0.203 e. The number of nitriles is 1. The van der Waals surface area contributed by atoms with Crippen LogP contribution < -0.4 is 14.2 Å². The van der Waals surface area contributed by atoms with Crippen LogP contribution in [0.5, 0.6) is 17.2 Å². The van der Waals surface area contributed by atoms with Crippen LogP contribution in [-0.4, -0.2) is 26.3 Å². The molecule has 0 saturated carbocycles. The molecule has 154 valence electrons. The van der Waals surface area contributed by atoms with Crippen LogP contribution in [0.25, 0.3) is 33.7 Å². The van der Waals surface area contributed by atoms with Crippen molar-refractivity contribution in [1.29, 1.82) is 5.26 Å². The zero-order valence-corrected chi connectivity index (χ0v) is 18.2. The normalized spacial score (nSPS) is 11.2. The van der Waals surface area contributed by atoms with Gasteiger partial charge in [-0.1, -0.05) is 36.4 Å². The van der Waals surface area contributed by atoms with Crippen molar-refractivity contribution in [3.05, 3.63) is 70.5 Å². The van der Waals surface area contributed by atoms with E-state index in [2.05, 4.69) is 36.4 Å². The summed E-state index contributed by atoms with van der Waals surface area (Å²) in [6.07, 6.45) is 1.77. The van der Waals surface area contributed by atoms with Gasteiger partial charge in [0.05, 0.1) is 32.6 Å². The van der Waals surface area contributed by atoms with Crippen LogP contribution in [0.4, 0.5) is 0 Å². The van der Waals surface area contributed by atoms with Crippen LogP contribution in [0.15, 0.2) is 60.0 Å². The van der Waals surface area contributed by atoms with E-state index in [4.69, 9.17) is 19.2 Å². The summed E-state index contributed by atoms with van der Waals surface area (Å²) in [5.74, 6) is 1.57. The third-order valence-corrected chi connectivity index (χ3v) is 5.77. The first kappa shape index (κ1) is 20.5. The lowest BCUT2D eigenvalue weighted by molar-refractivity contribution is 0.324. The smallest absolute Gasteiger partial charge is 0.203 e. The molecular formula is C25H20N2O3S. The molecule has 6 heteroatoms. The van der Waals surface area contributed by atoms with E-state index < -0.39 is 0 Å². The fraction of sp³-hybridized carbons (Fsp3) is 0.120. The maximum absolute atomic E-state index is 9.78. The van der Waals surface area contributed by atoms with Crippen LogP contribution in [0.2, 0.25) is 0 Å². The zero-order chi connectivity index (χ0) is 21.8. The number of hydrogen-bond donors (Lipinski definition) is 0. The SMILES string of the molecule is COc1cc(/C=C(\C#N)c2nc(-c3ccc4ccccc4c3)cs2)cc(OC)c1OC. The van der Waals surface area contributed by atoms with Gasteiger partial charge in [0.25, 0.3) is 0 Å². The van der Waals surface area contributed by atoms with Crippen molar-refractivity contribution >= 4 is 33.8 Å². The van der Waals surface area contributed by atoms with Crippen LogP contribution in [-0.2, 0) is 0 Å². The molecule has 4 aromatic rings. The molecule has 0 aliphatic carbocycles. The molecule has 0 aliphatic rings. The van der Waals surface area contributed by atoms with Gasteiger partial charge in [-0.3, -0.25) is 0 Å². The Labute approximate surface area is 184 Å². The minimum Gasteiger partial charge on any atom is -0.493 e. The van der Waals surface area contributed by atoms with Gasteiger partial charge in [0.15, 0.2) is 11.5 Å². The Morgan fingerprint density at radius 2 is 1.65 bits per heavy atom. The van der Waals surface area contributed by atoms with E-state index in [-0.39, 0.29) is 0 Å². The van der Waals surface area contributed by atoms with Gasteiger partial charge in [0.2, 0.25) is 5.75 Å². The number of aromatic nitrogens is 1. The van der Waals surface area contributed by atoms with E-state index in [1.54, 1.807) is 39.5 Å². The van der Waals surface area contributed by atoms with Gasteiger partial charge in [0.1, 0.15) is 11.1 Å².